The average Bonchev–Trinajstić information content (AvgIpc) is 2.61. The van der Waals surface area contributed by atoms with Gasteiger partial charge in [-0.3, -0.25) is 0 Å². The molecule has 1 aliphatic heterocycles. The number of hydrogen-bond acceptors (Lipinski definition) is 3. The molecule has 0 unspecified atom stereocenters. The summed E-state index contributed by atoms with van der Waals surface area (Å²) in [5, 5.41) is 3.26. The van der Waals surface area contributed by atoms with Crippen molar-refractivity contribution in [3.8, 4) is 5.88 Å². The molecule has 3 heteroatoms. The molecule has 1 fully saturated rings. The molecule has 0 radical (unpaired) electrons. The maximum Gasteiger partial charge on any atom is 0.216 e. The maximum absolute atomic E-state index is 5.73. The van der Waals surface area contributed by atoms with Gasteiger partial charge in [0, 0.05) is 18.3 Å². The van der Waals surface area contributed by atoms with Crippen molar-refractivity contribution in [1.29, 1.82) is 0 Å². The summed E-state index contributed by atoms with van der Waals surface area (Å²) in [6.07, 6.45) is 3.15. The van der Waals surface area contributed by atoms with Crippen LogP contribution in [0.15, 0.2) is 18.3 Å². The summed E-state index contributed by atoms with van der Waals surface area (Å²) in [4.78, 5) is 4.19. The Morgan fingerprint density at radius 3 is 3.23 bits per heavy atom. The third-order valence-electron chi connectivity index (χ3n) is 2.25. The predicted molar refractivity (Wildman–Crippen MR) is 50.9 cm³/mol. The first kappa shape index (κ1) is 8.51. The molecule has 70 valence electrons. The van der Waals surface area contributed by atoms with Crippen LogP contribution in [0.25, 0.3) is 0 Å². The molecule has 1 atom stereocenters. The second-order valence-corrected chi connectivity index (χ2v) is 3.36. The van der Waals surface area contributed by atoms with Crippen LogP contribution in [0.5, 0.6) is 5.88 Å². The minimum atomic E-state index is 0.300. The van der Waals surface area contributed by atoms with Crippen LogP contribution in [-0.2, 0) is 0 Å². The van der Waals surface area contributed by atoms with Crippen LogP contribution in [0.4, 0.5) is 0 Å². The van der Waals surface area contributed by atoms with Crippen molar-refractivity contribution in [3.63, 3.8) is 0 Å². The molecule has 0 saturated carbocycles. The van der Waals surface area contributed by atoms with E-state index in [1.165, 1.54) is 0 Å². The second kappa shape index (κ2) is 3.75. The Labute approximate surface area is 78.1 Å². The molecule has 1 aromatic rings. The fourth-order valence-corrected chi connectivity index (χ4v) is 1.48. The summed E-state index contributed by atoms with van der Waals surface area (Å²) in [5.74, 6) is 0.774. The number of aryl methyl sites for hydroxylation is 1. The lowest BCUT2D eigenvalue weighted by molar-refractivity contribution is 0.212. The lowest BCUT2D eigenvalue weighted by Gasteiger charge is -2.12. The zero-order chi connectivity index (χ0) is 9.10. The summed E-state index contributed by atoms with van der Waals surface area (Å²) in [5.41, 5.74) is 1.11. The number of aromatic nitrogens is 1. The van der Waals surface area contributed by atoms with E-state index in [0.29, 0.717) is 6.10 Å². The lowest BCUT2D eigenvalue weighted by Crippen LogP contribution is -2.20. The Balaban J connectivity index is 2.04. The van der Waals surface area contributed by atoms with Gasteiger partial charge in [0.25, 0.3) is 0 Å². The van der Waals surface area contributed by atoms with Gasteiger partial charge in [-0.15, -0.1) is 0 Å². The van der Waals surface area contributed by atoms with Gasteiger partial charge in [0.2, 0.25) is 5.88 Å². The van der Waals surface area contributed by atoms with Gasteiger partial charge in [0.15, 0.2) is 0 Å². The Morgan fingerprint density at radius 1 is 1.62 bits per heavy atom. The molecule has 2 rings (SSSR count). The van der Waals surface area contributed by atoms with Crippen LogP contribution < -0.4 is 10.1 Å². The highest BCUT2D eigenvalue weighted by Gasteiger charge is 2.16. The molecular weight excluding hydrogens is 164 g/mol. The van der Waals surface area contributed by atoms with Crippen molar-refractivity contribution in [2.45, 2.75) is 19.4 Å². The zero-order valence-electron chi connectivity index (χ0n) is 7.79. The number of nitrogens with zero attached hydrogens (tertiary/aromatic N) is 1. The van der Waals surface area contributed by atoms with Gasteiger partial charge in [-0.25, -0.2) is 4.98 Å². The standard InChI is InChI=1S/C10H14N2O/c1-8-3-2-5-12-10(8)13-9-4-6-11-7-9/h2-3,5,9,11H,4,6-7H2,1H3/t9-/m1/s1. The molecule has 0 spiro atoms. The zero-order valence-corrected chi connectivity index (χ0v) is 7.79. The van der Waals surface area contributed by atoms with E-state index in [9.17, 15) is 0 Å². The molecule has 0 aromatic carbocycles. The normalized spacial score (nSPS) is 21.8. The van der Waals surface area contributed by atoms with Gasteiger partial charge in [-0.1, -0.05) is 6.07 Å². The summed E-state index contributed by atoms with van der Waals surface area (Å²) in [6, 6.07) is 3.94. The first-order valence-electron chi connectivity index (χ1n) is 4.65. The molecule has 0 amide bonds. The van der Waals surface area contributed by atoms with Crippen LogP contribution in [0.1, 0.15) is 12.0 Å². The summed E-state index contributed by atoms with van der Waals surface area (Å²) in [6.45, 7) is 4.01. The topological polar surface area (TPSA) is 34.1 Å². The van der Waals surface area contributed by atoms with Gasteiger partial charge >= 0.3 is 0 Å². The van der Waals surface area contributed by atoms with E-state index in [2.05, 4.69) is 10.3 Å². The summed E-state index contributed by atoms with van der Waals surface area (Å²) < 4.78 is 5.73. The van der Waals surface area contributed by atoms with E-state index < -0.39 is 0 Å². The highest BCUT2D eigenvalue weighted by molar-refractivity contribution is 5.23. The second-order valence-electron chi connectivity index (χ2n) is 3.36. The van der Waals surface area contributed by atoms with E-state index >= 15 is 0 Å². The molecule has 1 aliphatic rings. The molecule has 13 heavy (non-hydrogen) atoms. The monoisotopic (exact) mass is 178 g/mol. The predicted octanol–water partition coefficient (Wildman–Crippen LogP) is 1.13. The Morgan fingerprint density at radius 2 is 2.54 bits per heavy atom. The summed E-state index contributed by atoms with van der Waals surface area (Å²) in [7, 11) is 0. The fourth-order valence-electron chi connectivity index (χ4n) is 1.48. The highest BCUT2D eigenvalue weighted by atomic mass is 16.5. The maximum atomic E-state index is 5.73. The number of ether oxygens (including phenoxy) is 1. The van der Waals surface area contributed by atoms with Gasteiger partial charge in [-0.05, 0) is 26.0 Å². The molecule has 2 heterocycles. The SMILES string of the molecule is Cc1cccnc1O[C@@H]1CCNC1. The van der Waals surface area contributed by atoms with Crippen LogP contribution in [0.2, 0.25) is 0 Å². The van der Waals surface area contributed by atoms with Crippen molar-refractivity contribution in [1.82, 2.24) is 10.3 Å². The van der Waals surface area contributed by atoms with Crippen LogP contribution >= 0.6 is 0 Å². The van der Waals surface area contributed by atoms with Crippen molar-refractivity contribution in [2.75, 3.05) is 13.1 Å². The highest BCUT2D eigenvalue weighted by Crippen LogP contribution is 2.16. The lowest BCUT2D eigenvalue weighted by atomic mass is 10.3. The minimum Gasteiger partial charge on any atom is -0.473 e. The van der Waals surface area contributed by atoms with E-state index in [4.69, 9.17) is 4.74 Å². The first-order valence-corrected chi connectivity index (χ1v) is 4.65. The van der Waals surface area contributed by atoms with Gasteiger partial charge in [-0.2, -0.15) is 0 Å². The van der Waals surface area contributed by atoms with Crippen LogP contribution in [-0.4, -0.2) is 24.2 Å². The first-order chi connectivity index (χ1) is 6.36. The minimum absolute atomic E-state index is 0.300. The van der Waals surface area contributed by atoms with Gasteiger partial charge in [0.05, 0.1) is 0 Å². The van der Waals surface area contributed by atoms with E-state index in [-0.39, 0.29) is 0 Å². The van der Waals surface area contributed by atoms with Crippen LogP contribution in [0.3, 0.4) is 0 Å². The molecule has 3 nitrogen and oxygen atoms in total. The van der Waals surface area contributed by atoms with E-state index in [0.717, 1.165) is 31.0 Å². The molecule has 1 N–H and O–H groups in total. The fraction of sp³-hybridized carbons (Fsp3) is 0.500. The van der Waals surface area contributed by atoms with E-state index in [1.54, 1.807) is 6.20 Å². The smallest absolute Gasteiger partial charge is 0.216 e. The Hall–Kier alpha value is -1.09. The number of rotatable bonds is 2. The molecule has 0 aliphatic carbocycles. The largest absolute Gasteiger partial charge is 0.473 e. The van der Waals surface area contributed by atoms with Crippen molar-refractivity contribution >= 4 is 0 Å². The number of hydrogen-bond donors (Lipinski definition) is 1. The Kier molecular flexibility index (Phi) is 2.45. The molecule has 1 aromatic heterocycles. The third kappa shape index (κ3) is 1.98. The Bertz CT molecular complexity index is 282. The van der Waals surface area contributed by atoms with Crippen molar-refractivity contribution in [2.24, 2.45) is 0 Å². The van der Waals surface area contributed by atoms with Crippen LogP contribution in [0, 0.1) is 6.92 Å². The molecule has 0 bridgehead atoms. The third-order valence-corrected chi connectivity index (χ3v) is 2.25. The van der Waals surface area contributed by atoms with E-state index in [1.807, 2.05) is 19.1 Å². The average molecular weight is 178 g/mol. The van der Waals surface area contributed by atoms with Crippen molar-refractivity contribution < 1.29 is 4.74 Å². The molecular formula is C10H14N2O. The number of pyridine rings is 1. The van der Waals surface area contributed by atoms with Crippen molar-refractivity contribution in [3.05, 3.63) is 23.9 Å². The number of nitrogens with one attached hydrogen (secondary N) is 1. The summed E-state index contributed by atoms with van der Waals surface area (Å²) >= 11 is 0. The quantitative estimate of drug-likeness (QED) is 0.737. The molecule has 1 saturated heterocycles. The van der Waals surface area contributed by atoms with Gasteiger partial charge < -0.3 is 10.1 Å². The van der Waals surface area contributed by atoms with Gasteiger partial charge in [0.1, 0.15) is 6.10 Å².